The summed E-state index contributed by atoms with van der Waals surface area (Å²) in [6.45, 7) is 3.86. The Kier molecular flexibility index (Phi) is 7.00. The molecule has 1 heterocycles. The van der Waals surface area contributed by atoms with E-state index in [0.717, 1.165) is 10.4 Å². The first-order chi connectivity index (χ1) is 10.4. The summed E-state index contributed by atoms with van der Waals surface area (Å²) >= 11 is 1.33. The van der Waals surface area contributed by atoms with Gasteiger partial charge in [-0.1, -0.05) is 0 Å². The van der Waals surface area contributed by atoms with Gasteiger partial charge < -0.3 is 20.5 Å². The first kappa shape index (κ1) is 18.1. The van der Waals surface area contributed by atoms with Gasteiger partial charge in [0.15, 0.2) is 0 Å². The average Bonchev–Trinajstić information content (AvgIpc) is 2.69. The predicted molar refractivity (Wildman–Crippen MR) is 83.5 cm³/mol. The lowest BCUT2D eigenvalue weighted by molar-refractivity contribution is -0.137. The van der Waals surface area contributed by atoms with Gasteiger partial charge in [-0.25, -0.2) is 0 Å². The van der Waals surface area contributed by atoms with Gasteiger partial charge in [-0.3, -0.25) is 14.4 Å². The predicted octanol–water partition coefficient (Wildman–Crippen LogP) is 1.54. The Bertz CT molecular complexity index is 568. The Labute approximate surface area is 132 Å². The Balaban J connectivity index is 2.77. The maximum Gasteiger partial charge on any atom is 0.303 e. The van der Waals surface area contributed by atoms with Crippen molar-refractivity contribution in [1.29, 1.82) is 0 Å². The van der Waals surface area contributed by atoms with E-state index in [9.17, 15) is 14.4 Å². The maximum absolute atomic E-state index is 12.2. The SMILES string of the molecule is COCC(=O)Nc1sc(C)c(C)c1C(=O)NCCCC(=O)O. The molecule has 0 atom stereocenters. The molecule has 3 N–H and O–H groups in total. The third-order valence-corrected chi connectivity index (χ3v) is 4.12. The van der Waals surface area contributed by atoms with E-state index in [0.29, 0.717) is 17.0 Å². The first-order valence-electron chi connectivity index (χ1n) is 6.75. The molecule has 1 aromatic rings. The van der Waals surface area contributed by atoms with Crippen molar-refractivity contribution in [3.8, 4) is 0 Å². The van der Waals surface area contributed by atoms with Crippen LogP contribution in [-0.4, -0.2) is 43.2 Å². The van der Waals surface area contributed by atoms with Crippen LogP contribution in [0.5, 0.6) is 0 Å². The Morgan fingerprint density at radius 2 is 1.95 bits per heavy atom. The van der Waals surface area contributed by atoms with E-state index >= 15 is 0 Å². The van der Waals surface area contributed by atoms with Crippen LogP contribution in [-0.2, 0) is 14.3 Å². The molecule has 0 aliphatic heterocycles. The monoisotopic (exact) mass is 328 g/mol. The summed E-state index contributed by atoms with van der Waals surface area (Å²) < 4.78 is 4.75. The van der Waals surface area contributed by atoms with Crippen molar-refractivity contribution >= 4 is 34.1 Å². The van der Waals surface area contributed by atoms with Crippen molar-refractivity contribution in [1.82, 2.24) is 5.32 Å². The number of hydrogen-bond acceptors (Lipinski definition) is 5. The molecule has 0 saturated carbocycles. The fourth-order valence-electron chi connectivity index (χ4n) is 1.81. The van der Waals surface area contributed by atoms with Gasteiger partial charge in [0.1, 0.15) is 11.6 Å². The van der Waals surface area contributed by atoms with Crippen LogP contribution in [0, 0.1) is 13.8 Å². The highest BCUT2D eigenvalue weighted by Gasteiger charge is 2.20. The lowest BCUT2D eigenvalue weighted by Gasteiger charge is -2.08. The number of aryl methyl sites for hydroxylation is 1. The fraction of sp³-hybridized carbons (Fsp3) is 0.500. The summed E-state index contributed by atoms with van der Waals surface area (Å²) in [5, 5.41) is 14.4. The molecule has 8 heteroatoms. The second-order valence-corrected chi connectivity index (χ2v) is 5.95. The number of hydrogen-bond donors (Lipinski definition) is 3. The molecular formula is C14H20N2O5S. The largest absolute Gasteiger partial charge is 0.481 e. The van der Waals surface area contributed by atoms with Gasteiger partial charge in [0.2, 0.25) is 0 Å². The highest BCUT2D eigenvalue weighted by atomic mass is 32.1. The molecule has 2 amide bonds. The molecule has 0 unspecified atom stereocenters. The van der Waals surface area contributed by atoms with Gasteiger partial charge >= 0.3 is 5.97 Å². The summed E-state index contributed by atoms with van der Waals surface area (Å²) in [6.07, 6.45) is 0.355. The van der Waals surface area contributed by atoms with E-state index in [1.807, 2.05) is 13.8 Å². The molecule has 0 bridgehead atoms. The number of thiophene rings is 1. The molecule has 0 aliphatic carbocycles. The number of ether oxygens (including phenoxy) is 1. The first-order valence-corrected chi connectivity index (χ1v) is 7.57. The zero-order valence-electron chi connectivity index (χ0n) is 12.8. The number of anilines is 1. The lowest BCUT2D eigenvalue weighted by atomic mass is 10.1. The summed E-state index contributed by atoms with van der Waals surface area (Å²) in [6, 6.07) is 0. The molecule has 1 rings (SSSR count). The third kappa shape index (κ3) is 5.12. The van der Waals surface area contributed by atoms with Crippen molar-refractivity contribution in [2.75, 3.05) is 25.6 Å². The van der Waals surface area contributed by atoms with E-state index in [-0.39, 0.29) is 31.4 Å². The molecule has 0 saturated heterocycles. The van der Waals surface area contributed by atoms with Crippen LogP contribution >= 0.6 is 11.3 Å². The molecule has 7 nitrogen and oxygen atoms in total. The van der Waals surface area contributed by atoms with Crippen LogP contribution in [0.15, 0.2) is 0 Å². The molecule has 22 heavy (non-hydrogen) atoms. The number of carbonyl (C=O) groups excluding carboxylic acids is 2. The Hall–Kier alpha value is -1.93. The minimum Gasteiger partial charge on any atom is -0.481 e. The molecule has 0 fully saturated rings. The standard InChI is InChI=1S/C14H20N2O5S/c1-8-9(2)22-14(16-10(17)7-21-3)12(8)13(20)15-6-4-5-11(18)19/h4-7H2,1-3H3,(H,15,20)(H,16,17)(H,18,19). The molecule has 122 valence electrons. The number of rotatable bonds is 8. The smallest absolute Gasteiger partial charge is 0.303 e. The van der Waals surface area contributed by atoms with Gasteiger partial charge in [0.05, 0.1) is 5.56 Å². The molecular weight excluding hydrogens is 308 g/mol. The van der Waals surface area contributed by atoms with Crippen LogP contribution in [0.3, 0.4) is 0 Å². The van der Waals surface area contributed by atoms with Crippen molar-refractivity contribution < 1.29 is 24.2 Å². The van der Waals surface area contributed by atoms with Gasteiger partial charge in [-0.15, -0.1) is 11.3 Å². The number of nitrogens with one attached hydrogen (secondary N) is 2. The Morgan fingerprint density at radius 1 is 1.27 bits per heavy atom. The normalized spacial score (nSPS) is 10.3. The van der Waals surface area contributed by atoms with Gasteiger partial charge in [0, 0.05) is 25.0 Å². The van der Waals surface area contributed by atoms with Crippen LogP contribution in [0.2, 0.25) is 0 Å². The molecule has 0 spiro atoms. The van der Waals surface area contributed by atoms with Crippen molar-refractivity contribution in [3.05, 3.63) is 16.0 Å². The number of carboxylic acids is 1. The third-order valence-electron chi connectivity index (χ3n) is 2.99. The number of methoxy groups -OCH3 is 1. The molecule has 0 aromatic carbocycles. The van der Waals surface area contributed by atoms with Gasteiger partial charge in [-0.2, -0.15) is 0 Å². The fourth-order valence-corrected chi connectivity index (χ4v) is 2.89. The maximum atomic E-state index is 12.2. The van der Waals surface area contributed by atoms with E-state index in [1.54, 1.807) is 0 Å². The zero-order chi connectivity index (χ0) is 16.7. The average molecular weight is 328 g/mol. The quantitative estimate of drug-likeness (QED) is 0.628. The highest BCUT2D eigenvalue weighted by Crippen LogP contribution is 2.32. The molecule has 1 aromatic heterocycles. The minimum absolute atomic E-state index is 0.000636. The topological polar surface area (TPSA) is 105 Å². The van der Waals surface area contributed by atoms with E-state index in [4.69, 9.17) is 9.84 Å². The minimum atomic E-state index is -0.899. The van der Waals surface area contributed by atoms with E-state index < -0.39 is 5.97 Å². The second kappa shape index (κ2) is 8.50. The molecule has 0 aliphatic rings. The van der Waals surface area contributed by atoms with Crippen LogP contribution in [0.1, 0.15) is 33.6 Å². The number of amides is 2. The zero-order valence-corrected chi connectivity index (χ0v) is 13.6. The number of carboxylic acid groups (broad SMARTS) is 1. The van der Waals surface area contributed by atoms with Gasteiger partial charge in [0.25, 0.3) is 11.8 Å². The summed E-state index contributed by atoms with van der Waals surface area (Å²) in [4.78, 5) is 35.2. The highest BCUT2D eigenvalue weighted by molar-refractivity contribution is 7.16. The molecule has 0 radical (unpaired) electrons. The van der Waals surface area contributed by atoms with Gasteiger partial charge in [-0.05, 0) is 25.8 Å². The Morgan fingerprint density at radius 3 is 2.55 bits per heavy atom. The number of carbonyl (C=O) groups is 3. The van der Waals surface area contributed by atoms with Crippen molar-refractivity contribution in [2.24, 2.45) is 0 Å². The van der Waals surface area contributed by atoms with Crippen LogP contribution in [0.25, 0.3) is 0 Å². The number of aliphatic carboxylic acids is 1. The van der Waals surface area contributed by atoms with Crippen LogP contribution < -0.4 is 10.6 Å². The van der Waals surface area contributed by atoms with E-state index in [2.05, 4.69) is 10.6 Å². The lowest BCUT2D eigenvalue weighted by Crippen LogP contribution is -2.27. The van der Waals surface area contributed by atoms with Crippen molar-refractivity contribution in [3.63, 3.8) is 0 Å². The van der Waals surface area contributed by atoms with Crippen LogP contribution in [0.4, 0.5) is 5.00 Å². The summed E-state index contributed by atoms with van der Waals surface area (Å²) in [7, 11) is 1.42. The van der Waals surface area contributed by atoms with Crippen molar-refractivity contribution in [2.45, 2.75) is 26.7 Å². The summed E-state index contributed by atoms with van der Waals surface area (Å²) in [5.74, 6) is -1.55. The summed E-state index contributed by atoms with van der Waals surface area (Å²) in [5.41, 5.74) is 1.22. The second-order valence-electron chi connectivity index (χ2n) is 4.72. The van der Waals surface area contributed by atoms with E-state index in [1.165, 1.54) is 18.4 Å².